The number of nitrogens with zero attached hydrogens (tertiary/aromatic N) is 6. The van der Waals surface area contributed by atoms with Gasteiger partial charge in [-0.05, 0) is 113 Å². The molecule has 0 saturated heterocycles. The van der Waals surface area contributed by atoms with Crippen LogP contribution in [0.2, 0.25) is 0 Å². The smallest absolute Gasteiger partial charge is 0.101 e. The predicted octanol–water partition coefficient (Wildman–Crippen LogP) is 11.9. The molecule has 0 spiro atoms. The largest absolute Gasteiger partial charge is 0.320 e. The summed E-state index contributed by atoms with van der Waals surface area (Å²) >= 11 is 0. The molecule has 0 aliphatic heterocycles. The minimum absolute atomic E-state index is 0.286. The summed E-state index contributed by atoms with van der Waals surface area (Å²) in [7, 11) is 0. The van der Waals surface area contributed by atoms with Gasteiger partial charge in [0.15, 0.2) is 0 Å². The normalized spacial score (nSPS) is 11.9. The molecule has 0 atom stereocenters. The summed E-state index contributed by atoms with van der Waals surface area (Å²) in [6.07, 6.45) is 12.5. The van der Waals surface area contributed by atoms with Crippen molar-refractivity contribution in [1.29, 1.82) is 15.8 Å². The minimum Gasteiger partial charge on any atom is -0.320 e. The average Bonchev–Trinajstić information content (AvgIpc) is 4.03. The van der Waals surface area contributed by atoms with Crippen molar-refractivity contribution in [3.05, 3.63) is 192 Å². The van der Waals surface area contributed by atoms with Crippen LogP contribution in [0.5, 0.6) is 0 Å². The van der Waals surface area contributed by atoms with Gasteiger partial charge in [0.2, 0.25) is 0 Å². The maximum Gasteiger partial charge on any atom is 0.101 e. The van der Waals surface area contributed by atoms with Crippen molar-refractivity contribution in [2.75, 3.05) is 0 Å². The van der Waals surface area contributed by atoms with E-state index in [-0.39, 0.29) is 16.7 Å². The Labute approximate surface area is 329 Å². The van der Waals surface area contributed by atoms with Crippen LogP contribution in [0.15, 0.2) is 164 Å². The number of hydrogen-bond acceptors (Lipinski definition) is 3. The Hall–Kier alpha value is -8.11. The topological polar surface area (TPSA) is 86.2 Å². The first-order valence-electron chi connectivity index (χ1n) is 18.9. The van der Waals surface area contributed by atoms with E-state index in [2.05, 4.69) is 92.7 Å². The number of hydrogen-bond donors (Lipinski definition) is 0. The van der Waals surface area contributed by atoms with Gasteiger partial charge in [0, 0.05) is 58.0 Å². The first kappa shape index (κ1) is 33.5. The number of fused-ring (bicyclic) bond motifs is 3. The molecule has 6 nitrogen and oxygen atoms in total. The van der Waals surface area contributed by atoms with Crippen LogP contribution in [0.3, 0.4) is 0 Å². The third-order valence-corrected chi connectivity index (χ3v) is 11.2. The van der Waals surface area contributed by atoms with E-state index in [0.717, 1.165) is 68.4 Å². The summed E-state index contributed by atoms with van der Waals surface area (Å²) in [6.45, 7) is 0. The molecule has 1 aliphatic rings. The van der Waals surface area contributed by atoms with Gasteiger partial charge in [0.1, 0.15) is 18.2 Å². The van der Waals surface area contributed by atoms with Crippen LogP contribution in [-0.4, -0.2) is 13.7 Å². The summed E-state index contributed by atoms with van der Waals surface area (Å²) in [6, 6.07) is 54.1. The molecule has 6 aromatic carbocycles. The Morgan fingerprint density at radius 1 is 0.421 bits per heavy atom. The molecule has 266 valence electrons. The molecule has 3 aromatic heterocycles. The van der Waals surface area contributed by atoms with Crippen LogP contribution in [0, 0.1) is 34.0 Å². The molecule has 9 aromatic rings. The molecule has 0 bridgehead atoms. The molecule has 0 fully saturated rings. The van der Waals surface area contributed by atoms with Crippen LogP contribution >= 0.6 is 0 Å². The summed E-state index contributed by atoms with van der Waals surface area (Å²) < 4.78 is 6.46. The molecular formula is C51H32N6. The van der Waals surface area contributed by atoms with Gasteiger partial charge >= 0.3 is 0 Å². The van der Waals surface area contributed by atoms with E-state index in [1.165, 1.54) is 11.3 Å². The fraction of sp³-hybridized carbons (Fsp3) is 0.0392. The van der Waals surface area contributed by atoms with E-state index < -0.39 is 0 Å². The zero-order valence-corrected chi connectivity index (χ0v) is 30.8. The van der Waals surface area contributed by atoms with Gasteiger partial charge < -0.3 is 13.7 Å². The Kier molecular flexibility index (Phi) is 8.00. The molecule has 3 heterocycles. The van der Waals surface area contributed by atoms with E-state index in [1.807, 2.05) is 109 Å². The average molecular weight is 729 g/mol. The highest BCUT2D eigenvalue weighted by atomic mass is 15.0. The molecule has 57 heavy (non-hydrogen) atoms. The first-order valence-corrected chi connectivity index (χ1v) is 18.9. The summed E-state index contributed by atoms with van der Waals surface area (Å²) in [4.78, 5) is 0. The molecule has 1 aliphatic carbocycles. The van der Waals surface area contributed by atoms with Crippen LogP contribution in [0.4, 0.5) is 0 Å². The Morgan fingerprint density at radius 2 is 0.825 bits per heavy atom. The highest BCUT2D eigenvalue weighted by Gasteiger charge is 2.27. The standard InChI is InChI=1S/C51H32N6/c52-31-43-49(37-13-19-40(20-14-37)55-28-25-34-7-1-4-10-46(34)55)44(32-53)51(39-17-23-42(24-18-39)57-30-27-36-9-3-6-12-48(36)57)45(33-54)50(43)38-15-21-41(22-16-38)56-29-26-35-8-2-5-11-47(35)56/h1-5,7-11,13-30H,6,12H2. The third-order valence-electron chi connectivity index (χ3n) is 11.2. The summed E-state index contributed by atoms with van der Waals surface area (Å²) in [5.74, 6) is 0. The number of nitriles is 3. The zero-order valence-electron chi connectivity index (χ0n) is 30.8. The van der Waals surface area contributed by atoms with Crippen LogP contribution < -0.4 is 0 Å². The highest BCUT2D eigenvalue weighted by molar-refractivity contribution is 5.98. The zero-order chi connectivity index (χ0) is 38.5. The minimum atomic E-state index is 0.286. The second kappa shape index (κ2) is 13.6. The third kappa shape index (κ3) is 5.46. The quantitative estimate of drug-likeness (QED) is 0.171. The summed E-state index contributed by atoms with van der Waals surface area (Å²) in [5, 5.41) is 35.3. The molecule has 0 amide bonds. The van der Waals surface area contributed by atoms with Crippen molar-refractivity contribution in [1.82, 2.24) is 13.7 Å². The van der Waals surface area contributed by atoms with Gasteiger partial charge in [-0.2, -0.15) is 15.8 Å². The second-order valence-corrected chi connectivity index (χ2v) is 14.2. The molecule has 0 saturated carbocycles. The van der Waals surface area contributed by atoms with Gasteiger partial charge in [-0.25, -0.2) is 0 Å². The number of aromatic nitrogens is 3. The maximum absolute atomic E-state index is 11.0. The van der Waals surface area contributed by atoms with E-state index in [4.69, 9.17) is 0 Å². The first-order chi connectivity index (χ1) is 28.1. The van der Waals surface area contributed by atoms with E-state index >= 15 is 0 Å². The predicted molar refractivity (Wildman–Crippen MR) is 227 cm³/mol. The van der Waals surface area contributed by atoms with Crippen LogP contribution in [0.25, 0.3) is 78.3 Å². The summed E-state index contributed by atoms with van der Waals surface area (Å²) in [5.41, 5.74) is 12.1. The van der Waals surface area contributed by atoms with Crippen LogP contribution in [0.1, 0.15) is 34.4 Å². The molecule has 0 N–H and O–H groups in total. The van der Waals surface area contributed by atoms with Crippen molar-refractivity contribution in [2.45, 2.75) is 12.8 Å². The Morgan fingerprint density at radius 3 is 1.26 bits per heavy atom. The van der Waals surface area contributed by atoms with Gasteiger partial charge in [0.25, 0.3) is 0 Å². The lowest BCUT2D eigenvalue weighted by Crippen LogP contribution is -2.04. The SMILES string of the molecule is N#Cc1c(-c2ccc(-n3ccc4c3CCC=C4)cc2)c(C#N)c(-c2ccc(-n3ccc4ccccc43)cc2)c(C#N)c1-c1ccc(-n2ccc3ccccc32)cc1. The molecule has 10 rings (SSSR count). The Balaban J connectivity index is 1.17. The number of allylic oxidation sites excluding steroid dienone is 1. The molecular weight excluding hydrogens is 697 g/mol. The van der Waals surface area contributed by atoms with Crippen molar-refractivity contribution in [3.63, 3.8) is 0 Å². The highest BCUT2D eigenvalue weighted by Crippen LogP contribution is 2.45. The van der Waals surface area contributed by atoms with E-state index in [1.54, 1.807) is 0 Å². The van der Waals surface area contributed by atoms with E-state index in [9.17, 15) is 15.8 Å². The fourth-order valence-electron chi connectivity index (χ4n) is 8.50. The monoisotopic (exact) mass is 728 g/mol. The van der Waals surface area contributed by atoms with Crippen LogP contribution in [-0.2, 0) is 6.42 Å². The van der Waals surface area contributed by atoms with Gasteiger partial charge in [0.05, 0.1) is 27.7 Å². The van der Waals surface area contributed by atoms with Crippen molar-refractivity contribution in [2.24, 2.45) is 0 Å². The fourth-order valence-corrected chi connectivity index (χ4v) is 8.50. The maximum atomic E-state index is 11.0. The van der Waals surface area contributed by atoms with E-state index in [0.29, 0.717) is 16.7 Å². The van der Waals surface area contributed by atoms with Gasteiger partial charge in [-0.1, -0.05) is 84.9 Å². The Bertz CT molecular complexity index is 3030. The molecule has 0 unspecified atom stereocenters. The van der Waals surface area contributed by atoms with Crippen molar-refractivity contribution >= 4 is 27.9 Å². The number of para-hydroxylation sites is 2. The van der Waals surface area contributed by atoms with Gasteiger partial charge in [-0.3, -0.25) is 0 Å². The second-order valence-electron chi connectivity index (χ2n) is 14.2. The molecule has 6 heteroatoms. The lowest BCUT2D eigenvalue weighted by atomic mass is 9.80. The lowest BCUT2D eigenvalue weighted by Gasteiger charge is -2.20. The van der Waals surface area contributed by atoms with Gasteiger partial charge in [-0.15, -0.1) is 0 Å². The van der Waals surface area contributed by atoms with Crippen molar-refractivity contribution < 1.29 is 0 Å². The van der Waals surface area contributed by atoms with Crippen molar-refractivity contribution in [3.8, 4) is 68.7 Å². The number of rotatable bonds is 6. The lowest BCUT2D eigenvalue weighted by molar-refractivity contribution is 0.875. The molecule has 0 radical (unpaired) electrons. The number of benzene rings is 6.